The third-order valence-corrected chi connectivity index (χ3v) is 10.0. The molecule has 5 rings (SSSR count). The van der Waals surface area contributed by atoms with Gasteiger partial charge in [-0.2, -0.15) is 13.2 Å². The number of fused-ring (bicyclic) bond motifs is 1. The molecule has 0 aliphatic rings. The van der Waals surface area contributed by atoms with Gasteiger partial charge in [-0.1, -0.05) is 78.9 Å². The fraction of sp³-hybridized carbons (Fsp3) is 0.211. The van der Waals surface area contributed by atoms with Crippen LogP contribution in [0.15, 0.2) is 120 Å². The van der Waals surface area contributed by atoms with Crippen molar-refractivity contribution in [1.82, 2.24) is 0 Å². The Labute approximate surface area is 283 Å². The van der Waals surface area contributed by atoms with E-state index in [1.807, 2.05) is 66.7 Å². The summed E-state index contributed by atoms with van der Waals surface area (Å²) in [6, 6.07) is 30.9. The minimum atomic E-state index is -4.82. The van der Waals surface area contributed by atoms with Gasteiger partial charge in [0, 0.05) is 31.8 Å². The van der Waals surface area contributed by atoms with Crippen LogP contribution >= 0.6 is 0 Å². The second-order valence-electron chi connectivity index (χ2n) is 11.9. The Morgan fingerprint density at radius 3 is 2.14 bits per heavy atom. The Kier molecular flexibility index (Phi) is 10.4. The van der Waals surface area contributed by atoms with Crippen LogP contribution in [0, 0.1) is 5.92 Å². The van der Waals surface area contributed by atoms with Crippen molar-refractivity contribution < 1.29 is 35.9 Å². The van der Waals surface area contributed by atoms with E-state index in [4.69, 9.17) is 4.74 Å². The van der Waals surface area contributed by atoms with E-state index in [0.29, 0.717) is 11.6 Å². The van der Waals surface area contributed by atoms with E-state index < -0.39 is 44.3 Å². The van der Waals surface area contributed by atoms with E-state index in [1.165, 1.54) is 50.4 Å². The van der Waals surface area contributed by atoms with E-state index in [0.717, 1.165) is 32.8 Å². The van der Waals surface area contributed by atoms with Crippen molar-refractivity contribution in [3.63, 3.8) is 0 Å². The lowest BCUT2D eigenvalue weighted by atomic mass is 9.92. The van der Waals surface area contributed by atoms with Crippen LogP contribution in [0.4, 0.5) is 24.5 Å². The number of carbonyl (C=O) groups excluding carboxylic acids is 2. The molecule has 5 aromatic rings. The van der Waals surface area contributed by atoms with Gasteiger partial charge < -0.3 is 9.64 Å². The predicted molar refractivity (Wildman–Crippen MR) is 184 cm³/mol. The number of Topliss-reactive ketones (excluding diaryl/α,β-unsaturated/α-hetero) is 1. The second kappa shape index (κ2) is 14.5. The van der Waals surface area contributed by atoms with Crippen LogP contribution in [0.2, 0.25) is 0 Å². The van der Waals surface area contributed by atoms with Gasteiger partial charge in [-0.25, -0.2) is 8.42 Å². The number of methoxy groups -OCH3 is 1. The fourth-order valence-corrected chi connectivity index (χ4v) is 7.19. The number of ketones is 1. The number of carbonyl (C=O) groups is 2. The molecule has 0 spiro atoms. The summed E-state index contributed by atoms with van der Waals surface area (Å²) in [6.07, 6.45) is -4.77. The Balaban J connectivity index is 1.56. The highest BCUT2D eigenvalue weighted by molar-refractivity contribution is 7.92. The summed E-state index contributed by atoms with van der Waals surface area (Å²) in [4.78, 5) is 27.0. The van der Waals surface area contributed by atoms with Crippen molar-refractivity contribution in [3.8, 4) is 0 Å². The Hall–Kier alpha value is -5.16. The summed E-state index contributed by atoms with van der Waals surface area (Å²) in [7, 11) is -0.494. The highest BCUT2D eigenvalue weighted by Gasteiger charge is 2.37. The molecule has 0 bridgehead atoms. The summed E-state index contributed by atoms with van der Waals surface area (Å²) in [5, 5.41) is 1.78. The van der Waals surface area contributed by atoms with Crippen molar-refractivity contribution in [3.05, 3.63) is 138 Å². The largest absolute Gasteiger partial charge is 0.469 e. The molecule has 0 saturated heterocycles. The van der Waals surface area contributed by atoms with Crippen molar-refractivity contribution >= 4 is 43.9 Å². The second-order valence-corrected chi connectivity index (χ2v) is 13.7. The molecule has 49 heavy (non-hydrogen) atoms. The SMILES string of the molecule is COC(=O)C(CC(=O)c1cccc(N(Cc2ccc3ccccc3c2)S(=O)(=O)c2ccc(N(C)C)c(C(F)(F)F)c2)c1)Cc1ccccc1. The lowest BCUT2D eigenvalue weighted by Crippen LogP contribution is -2.31. The van der Waals surface area contributed by atoms with Gasteiger partial charge in [0.2, 0.25) is 0 Å². The molecule has 0 radical (unpaired) electrons. The van der Waals surface area contributed by atoms with Crippen LogP contribution in [0.5, 0.6) is 0 Å². The average Bonchev–Trinajstić information content (AvgIpc) is 3.09. The quantitative estimate of drug-likeness (QED) is 0.0979. The van der Waals surface area contributed by atoms with Crippen molar-refractivity contribution in [1.29, 1.82) is 0 Å². The van der Waals surface area contributed by atoms with Crippen LogP contribution in [0.25, 0.3) is 10.8 Å². The zero-order valence-electron chi connectivity index (χ0n) is 27.1. The molecule has 254 valence electrons. The number of alkyl halides is 3. The topological polar surface area (TPSA) is 84.0 Å². The van der Waals surface area contributed by atoms with E-state index in [1.54, 1.807) is 6.07 Å². The number of benzene rings is 5. The first kappa shape index (κ1) is 35.2. The minimum absolute atomic E-state index is 0.0712. The van der Waals surface area contributed by atoms with Gasteiger partial charge >= 0.3 is 12.1 Å². The van der Waals surface area contributed by atoms with Crippen LogP contribution in [0.1, 0.15) is 33.5 Å². The number of halogens is 3. The Morgan fingerprint density at radius 2 is 1.47 bits per heavy atom. The van der Waals surface area contributed by atoms with Gasteiger partial charge in [-0.3, -0.25) is 13.9 Å². The number of anilines is 2. The molecule has 0 amide bonds. The lowest BCUT2D eigenvalue weighted by molar-refractivity contribution is -0.145. The minimum Gasteiger partial charge on any atom is -0.469 e. The molecule has 0 aliphatic heterocycles. The van der Waals surface area contributed by atoms with Gasteiger partial charge in [0.1, 0.15) is 0 Å². The molecule has 11 heteroatoms. The van der Waals surface area contributed by atoms with Gasteiger partial charge in [-0.05, 0) is 64.7 Å². The maximum Gasteiger partial charge on any atom is 0.418 e. The summed E-state index contributed by atoms with van der Waals surface area (Å²) in [5.74, 6) is -1.78. The molecular formula is C38H35F3N2O5S. The molecule has 1 unspecified atom stereocenters. The third-order valence-electron chi connectivity index (χ3n) is 8.23. The molecule has 0 N–H and O–H groups in total. The van der Waals surface area contributed by atoms with Crippen molar-refractivity contribution in [2.45, 2.75) is 30.5 Å². The highest BCUT2D eigenvalue weighted by atomic mass is 32.2. The number of ether oxygens (including phenoxy) is 1. The first-order valence-electron chi connectivity index (χ1n) is 15.4. The van der Waals surface area contributed by atoms with E-state index in [2.05, 4.69) is 0 Å². The van der Waals surface area contributed by atoms with Gasteiger partial charge in [-0.15, -0.1) is 0 Å². The van der Waals surface area contributed by atoms with Gasteiger partial charge in [0.15, 0.2) is 5.78 Å². The Bertz CT molecular complexity index is 2080. The standard InChI is InChI=1S/C38H35F3N2O5S/c1-42(2)35-19-18-33(24-34(35)38(39,40)41)49(46,47)43(25-27-16-17-28-12-7-8-13-29(28)21-27)32-15-9-14-30(22-32)36(44)23-31(37(45)48-3)20-26-10-5-4-6-11-26/h4-19,21-22,24,31H,20,23,25H2,1-3H3. The predicted octanol–water partition coefficient (Wildman–Crippen LogP) is 7.92. The first-order chi connectivity index (χ1) is 23.3. The summed E-state index contributed by atoms with van der Waals surface area (Å²) in [5.41, 5.74) is 0.342. The molecular weight excluding hydrogens is 653 g/mol. The number of nitrogens with zero attached hydrogens (tertiary/aromatic N) is 2. The molecule has 0 saturated carbocycles. The molecule has 5 aromatic carbocycles. The zero-order chi connectivity index (χ0) is 35.3. The molecule has 0 heterocycles. The van der Waals surface area contributed by atoms with Crippen LogP contribution < -0.4 is 9.21 Å². The fourth-order valence-electron chi connectivity index (χ4n) is 5.72. The summed E-state index contributed by atoms with van der Waals surface area (Å²) >= 11 is 0. The highest BCUT2D eigenvalue weighted by Crippen LogP contribution is 2.39. The van der Waals surface area contributed by atoms with E-state index in [9.17, 15) is 31.2 Å². The van der Waals surface area contributed by atoms with Crippen molar-refractivity contribution in [2.75, 3.05) is 30.4 Å². The molecule has 1 atom stereocenters. The summed E-state index contributed by atoms with van der Waals surface area (Å²) < 4.78 is 77.1. The number of hydrogen-bond acceptors (Lipinski definition) is 6. The number of rotatable bonds is 12. The molecule has 0 aromatic heterocycles. The molecule has 0 aliphatic carbocycles. The third kappa shape index (κ3) is 8.11. The van der Waals surface area contributed by atoms with E-state index in [-0.39, 0.29) is 36.3 Å². The smallest absolute Gasteiger partial charge is 0.418 e. The van der Waals surface area contributed by atoms with Gasteiger partial charge in [0.25, 0.3) is 10.0 Å². The zero-order valence-corrected chi connectivity index (χ0v) is 28.0. The van der Waals surface area contributed by atoms with Gasteiger partial charge in [0.05, 0.1) is 35.7 Å². The van der Waals surface area contributed by atoms with E-state index >= 15 is 0 Å². The summed E-state index contributed by atoms with van der Waals surface area (Å²) in [6.45, 7) is -0.236. The normalized spacial score (nSPS) is 12.4. The van der Waals surface area contributed by atoms with Crippen LogP contribution in [0.3, 0.4) is 0 Å². The van der Waals surface area contributed by atoms with Crippen molar-refractivity contribution in [2.24, 2.45) is 5.92 Å². The number of sulfonamides is 1. The molecule has 0 fully saturated rings. The Morgan fingerprint density at radius 1 is 0.776 bits per heavy atom. The first-order valence-corrected chi connectivity index (χ1v) is 16.9. The maximum atomic E-state index is 14.4. The number of hydrogen-bond donors (Lipinski definition) is 0. The maximum absolute atomic E-state index is 14.4. The number of esters is 1. The van der Waals surface area contributed by atoms with Crippen LogP contribution in [-0.2, 0) is 38.7 Å². The van der Waals surface area contributed by atoms with Crippen LogP contribution in [-0.4, -0.2) is 41.4 Å². The monoisotopic (exact) mass is 688 g/mol. The average molecular weight is 689 g/mol. The molecule has 7 nitrogen and oxygen atoms in total. The lowest BCUT2D eigenvalue weighted by Gasteiger charge is -2.27.